The van der Waals surface area contributed by atoms with Gasteiger partial charge in [-0.05, 0) is 25.5 Å². The summed E-state index contributed by atoms with van der Waals surface area (Å²) in [4.78, 5) is 18.5. The van der Waals surface area contributed by atoms with E-state index in [1.165, 1.54) is 0 Å². The Labute approximate surface area is 133 Å². The van der Waals surface area contributed by atoms with Gasteiger partial charge in [-0.3, -0.25) is 0 Å². The van der Waals surface area contributed by atoms with E-state index in [0.717, 1.165) is 29.9 Å². The molecule has 1 aromatic carbocycles. The summed E-state index contributed by atoms with van der Waals surface area (Å²) in [6, 6.07) is 7.69. The number of amides is 2. The van der Waals surface area contributed by atoms with Gasteiger partial charge in [-0.2, -0.15) is 0 Å². The molecule has 3 rings (SSSR count). The highest BCUT2D eigenvalue weighted by atomic mass is 32.1. The second-order valence-corrected chi connectivity index (χ2v) is 6.08. The first kappa shape index (κ1) is 15.0. The van der Waals surface area contributed by atoms with Crippen molar-refractivity contribution in [2.24, 2.45) is 0 Å². The van der Waals surface area contributed by atoms with E-state index in [4.69, 9.17) is 4.74 Å². The number of benzene rings is 1. The summed E-state index contributed by atoms with van der Waals surface area (Å²) in [5, 5.41) is 4.96. The molecule has 116 valence electrons. The van der Waals surface area contributed by atoms with Gasteiger partial charge in [0.25, 0.3) is 0 Å². The minimum absolute atomic E-state index is 0.0761. The Hall–Kier alpha value is -1.92. The maximum Gasteiger partial charge on any atom is 0.321 e. The lowest BCUT2D eigenvalue weighted by Crippen LogP contribution is -2.38. The topological polar surface area (TPSA) is 54.5 Å². The number of carbonyl (C=O) groups excluding carboxylic acids is 1. The normalized spacial score (nSPS) is 18.8. The maximum absolute atomic E-state index is 12.4. The summed E-state index contributed by atoms with van der Waals surface area (Å²) in [6.45, 7) is 4.05. The van der Waals surface area contributed by atoms with Gasteiger partial charge >= 0.3 is 6.03 Å². The number of aromatic nitrogens is 1. The van der Waals surface area contributed by atoms with E-state index in [-0.39, 0.29) is 12.1 Å². The van der Waals surface area contributed by atoms with E-state index >= 15 is 0 Å². The van der Waals surface area contributed by atoms with Crippen molar-refractivity contribution in [3.05, 3.63) is 35.2 Å². The molecule has 1 aliphatic heterocycles. The Balaban J connectivity index is 1.70. The summed E-state index contributed by atoms with van der Waals surface area (Å²) >= 11 is 1.56. The zero-order valence-corrected chi connectivity index (χ0v) is 13.3. The second-order valence-electron chi connectivity index (χ2n) is 5.37. The van der Waals surface area contributed by atoms with Crippen molar-refractivity contribution in [1.29, 1.82) is 0 Å². The van der Waals surface area contributed by atoms with Crippen molar-refractivity contribution in [3.63, 3.8) is 0 Å². The van der Waals surface area contributed by atoms with Crippen molar-refractivity contribution < 1.29 is 9.53 Å². The van der Waals surface area contributed by atoms with Gasteiger partial charge in [0.2, 0.25) is 0 Å². The monoisotopic (exact) mass is 317 g/mol. The van der Waals surface area contributed by atoms with Crippen LogP contribution in [0.5, 0.6) is 0 Å². The molecular formula is C16H19N3O2S. The molecule has 1 unspecified atom stereocenters. The minimum Gasteiger partial charge on any atom is -0.377 e. The smallest absolute Gasteiger partial charge is 0.321 e. The average molecular weight is 317 g/mol. The summed E-state index contributed by atoms with van der Waals surface area (Å²) in [7, 11) is 0. The van der Waals surface area contributed by atoms with Crippen LogP contribution in [0.15, 0.2) is 35.2 Å². The molecule has 1 aromatic heterocycles. The van der Waals surface area contributed by atoms with Crippen LogP contribution < -0.4 is 5.32 Å². The highest BCUT2D eigenvalue weighted by molar-refractivity contribution is 7.07. The lowest BCUT2D eigenvalue weighted by Gasteiger charge is -2.22. The lowest BCUT2D eigenvalue weighted by molar-refractivity contribution is 0.0718. The van der Waals surface area contributed by atoms with Gasteiger partial charge in [0.05, 0.1) is 17.3 Å². The van der Waals surface area contributed by atoms with Crippen LogP contribution in [0.3, 0.4) is 0 Å². The molecule has 22 heavy (non-hydrogen) atoms. The van der Waals surface area contributed by atoms with Crippen molar-refractivity contribution >= 4 is 23.1 Å². The predicted octanol–water partition coefficient (Wildman–Crippen LogP) is 3.45. The Morgan fingerprint density at radius 3 is 3.23 bits per heavy atom. The van der Waals surface area contributed by atoms with E-state index in [0.29, 0.717) is 13.2 Å². The third-order valence-electron chi connectivity index (χ3n) is 3.58. The summed E-state index contributed by atoms with van der Waals surface area (Å²) in [5.41, 5.74) is 4.52. The van der Waals surface area contributed by atoms with Gasteiger partial charge in [-0.25, -0.2) is 9.78 Å². The molecule has 5 nitrogen and oxygen atoms in total. The molecule has 0 spiro atoms. The van der Waals surface area contributed by atoms with Gasteiger partial charge in [0.1, 0.15) is 0 Å². The Kier molecular flexibility index (Phi) is 4.70. The number of rotatable bonds is 2. The van der Waals surface area contributed by atoms with Crippen LogP contribution >= 0.6 is 11.3 Å². The largest absolute Gasteiger partial charge is 0.377 e. The number of nitrogens with one attached hydrogen (secondary N) is 1. The molecule has 6 heteroatoms. The van der Waals surface area contributed by atoms with Crippen LogP contribution in [0.25, 0.3) is 11.3 Å². The molecule has 1 fully saturated rings. The number of nitrogens with zero attached hydrogens (tertiary/aromatic N) is 2. The van der Waals surface area contributed by atoms with Crippen LogP contribution in [0.2, 0.25) is 0 Å². The van der Waals surface area contributed by atoms with Crippen molar-refractivity contribution in [2.45, 2.75) is 19.4 Å². The third kappa shape index (κ3) is 3.64. The van der Waals surface area contributed by atoms with Crippen molar-refractivity contribution in [1.82, 2.24) is 9.88 Å². The van der Waals surface area contributed by atoms with Gasteiger partial charge in [-0.15, -0.1) is 11.3 Å². The first-order valence-electron chi connectivity index (χ1n) is 7.38. The number of carbonyl (C=O) groups is 1. The van der Waals surface area contributed by atoms with Crippen LogP contribution in [-0.4, -0.2) is 41.7 Å². The molecule has 0 saturated carbocycles. The molecule has 2 heterocycles. The lowest BCUT2D eigenvalue weighted by atomic mass is 10.1. The number of anilines is 1. The second kappa shape index (κ2) is 6.89. The van der Waals surface area contributed by atoms with Gasteiger partial charge < -0.3 is 15.0 Å². The van der Waals surface area contributed by atoms with E-state index in [2.05, 4.69) is 10.3 Å². The zero-order valence-electron chi connectivity index (χ0n) is 12.5. The van der Waals surface area contributed by atoms with E-state index in [1.807, 2.05) is 41.5 Å². The van der Waals surface area contributed by atoms with E-state index < -0.39 is 0 Å². The highest BCUT2D eigenvalue weighted by Gasteiger charge is 2.19. The SMILES string of the molecule is CC1CN(C(=O)Nc2cccc(-c3cscn3)c2)CCCO1. The highest BCUT2D eigenvalue weighted by Crippen LogP contribution is 2.22. The Bertz CT molecular complexity index is 630. The number of urea groups is 1. The Morgan fingerprint density at radius 2 is 2.41 bits per heavy atom. The summed E-state index contributed by atoms with van der Waals surface area (Å²) < 4.78 is 5.57. The minimum atomic E-state index is -0.0761. The molecular weight excluding hydrogens is 298 g/mol. The Morgan fingerprint density at radius 1 is 1.50 bits per heavy atom. The average Bonchev–Trinajstić information content (AvgIpc) is 2.96. The fraction of sp³-hybridized carbons (Fsp3) is 0.375. The van der Waals surface area contributed by atoms with E-state index in [9.17, 15) is 4.79 Å². The molecule has 0 bridgehead atoms. The first-order chi connectivity index (χ1) is 10.7. The zero-order chi connectivity index (χ0) is 15.4. The standard InChI is InChI=1S/C16H19N3O2S/c1-12-9-19(6-3-7-21-12)16(20)18-14-5-2-4-13(8-14)15-10-22-11-17-15/h2,4-5,8,10-12H,3,6-7,9H2,1H3,(H,18,20). The molecule has 1 aliphatic rings. The van der Waals surface area contributed by atoms with Crippen molar-refractivity contribution in [3.8, 4) is 11.3 Å². The fourth-order valence-corrected chi connectivity index (χ4v) is 3.05. The molecule has 2 amide bonds. The molecule has 2 aromatic rings. The molecule has 1 saturated heterocycles. The van der Waals surface area contributed by atoms with Crippen LogP contribution in [0, 0.1) is 0 Å². The van der Waals surface area contributed by atoms with Gasteiger partial charge in [-0.1, -0.05) is 12.1 Å². The molecule has 0 aliphatic carbocycles. The number of ether oxygens (including phenoxy) is 1. The summed E-state index contributed by atoms with van der Waals surface area (Å²) in [5.74, 6) is 0. The van der Waals surface area contributed by atoms with E-state index in [1.54, 1.807) is 16.8 Å². The molecule has 1 atom stereocenters. The fourth-order valence-electron chi connectivity index (χ4n) is 2.49. The van der Waals surface area contributed by atoms with Crippen molar-refractivity contribution in [2.75, 3.05) is 25.0 Å². The maximum atomic E-state index is 12.4. The predicted molar refractivity (Wildman–Crippen MR) is 88.2 cm³/mol. The quantitative estimate of drug-likeness (QED) is 0.923. The first-order valence-corrected chi connectivity index (χ1v) is 8.33. The van der Waals surface area contributed by atoms with Crippen LogP contribution in [0.1, 0.15) is 13.3 Å². The summed E-state index contributed by atoms with van der Waals surface area (Å²) in [6.07, 6.45) is 0.950. The van der Waals surface area contributed by atoms with Crippen LogP contribution in [-0.2, 0) is 4.74 Å². The molecule has 0 radical (unpaired) electrons. The number of hydrogen-bond donors (Lipinski definition) is 1. The number of thiazole rings is 1. The molecule has 1 N–H and O–H groups in total. The number of hydrogen-bond acceptors (Lipinski definition) is 4. The third-order valence-corrected chi connectivity index (χ3v) is 4.17. The van der Waals surface area contributed by atoms with Gasteiger partial charge in [0.15, 0.2) is 0 Å². The van der Waals surface area contributed by atoms with Crippen LogP contribution in [0.4, 0.5) is 10.5 Å². The van der Waals surface area contributed by atoms with Gasteiger partial charge in [0, 0.05) is 36.3 Å².